The maximum absolute atomic E-state index is 11.8. The highest BCUT2D eigenvalue weighted by atomic mass is 16.5. The molecular weight excluding hydrogens is 286 g/mol. The van der Waals surface area contributed by atoms with Crippen LogP contribution in [0.3, 0.4) is 0 Å². The summed E-state index contributed by atoms with van der Waals surface area (Å²) in [6.45, 7) is 0.565. The second kappa shape index (κ2) is 6.33. The number of pyridine rings is 1. The standard InChI is InChI=1S/C14H15N5O3/c20-12(10-2-1-5-15-8-10)16-6-7-17-13(21)14-18-11(19-22-14)9-3-4-9/h1-2,5,8-9H,3-4,6-7H2,(H,16,20)(H,17,21). The van der Waals surface area contributed by atoms with Crippen LogP contribution in [0.4, 0.5) is 0 Å². The van der Waals surface area contributed by atoms with Crippen LogP contribution in [0.2, 0.25) is 0 Å². The maximum atomic E-state index is 11.8. The summed E-state index contributed by atoms with van der Waals surface area (Å²) < 4.78 is 4.91. The van der Waals surface area contributed by atoms with E-state index >= 15 is 0 Å². The van der Waals surface area contributed by atoms with Gasteiger partial charge in [0.05, 0.1) is 5.56 Å². The minimum absolute atomic E-state index is 0.0412. The monoisotopic (exact) mass is 301 g/mol. The van der Waals surface area contributed by atoms with Gasteiger partial charge in [-0.3, -0.25) is 14.6 Å². The summed E-state index contributed by atoms with van der Waals surface area (Å²) in [6.07, 6.45) is 5.16. The molecule has 1 saturated carbocycles. The third-order valence-electron chi connectivity index (χ3n) is 3.20. The van der Waals surface area contributed by atoms with E-state index in [0.717, 1.165) is 12.8 Å². The minimum atomic E-state index is -0.435. The van der Waals surface area contributed by atoms with Gasteiger partial charge in [-0.1, -0.05) is 5.16 Å². The number of amides is 2. The molecule has 2 amide bonds. The van der Waals surface area contributed by atoms with Gasteiger partial charge < -0.3 is 15.2 Å². The normalized spacial score (nSPS) is 13.6. The summed E-state index contributed by atoms with van der Waals surface area (Å²) in [7, 11) is 0. The number of hydrogen-bond acceptors (Lipinski definition) is 6. The fourth-order valence-electron chi connectivity index (χ4n) is 1.86. The zero-order chi connectivity index (χ0) is 15.4. The van der Waals surface area contributed by atoms with Crippen LogP contribution < -0.4 is 10.6 Å². The molecule has 8 heteroatoms. The second-order valence-corrected chi connectivity index (χ2v) is 4.99. The van der Waals surface area contributed by atoms with Crippen molar-refractivity contribution in [2.75, 3.05) is 13.1 Å². The number of nitrogens with zero attached hydrogens (tertiary/aromatic N) is 3. The lowest BCUT2D eigenvalue weighted by Crippen LogP contribution is -2.34. The van der Waals surface area contributed by atoms with E-state index in [1.165, 1.54) is 6.20 Å². The first-order valence-corrected chi connectivity index (χ1v) is 7.04. The van der Waals surface area contributed by atoms with Crippen LogP contribution in [0.1, 0.15) is 45.6 Å². The summed E-state index contributed by atoms with van der Waals surface area (Å²) in [5, 5.41) is 9.06. The molecular formula is C14H15N5O3. The Morgan fingerprint density at radius 3 is 2.68 bits per heavy atom. The Morgan fingerprint density at radius 1 is 1.23 bits per heavy atom. The maximum Gasteiger partial charge on any atom is 0.315 e. The second-order valence-electron chi connectivity index (χ2n) is 4.99. The van der Waals surface area contributed by atoms with Crippen molar-refractivity contribution in [3.05, 3.63) is 41.8 Å². The molecule has 22 heavy (non-hydrogen) atoms. The summed E-state index contributed by atoms with van der Waals surface area (Å²) in [6, 6.07) is 3.35. The molecule has 8 nitrogen and oxygen atoms in total. The molecule has 0 bridgehead atoms. The molecule has 2 heterocycles. The highest BCUT2D eigenvalue weighted by molar-refractivity contribution is 5.93. The van der Waals surface area contributed by atoms with Gasteiger partial charge in [0.15, 0.2) is 5.82 Å². The fourth-order valence-corrected chi connectivity index (χ4v) is 1.86. The highest BCUT2D eigenvalue weighted by Gasteiger charge is 2.29. The zero-order valence-electron chi connectivity index (χ0n) is 11.8. The van der Waals surface area contributed by atoms with Gasteiger partial charge in [0.2, 0.25) is 0 Å². The summed E-state index contributed by atoms with van der Waals surface area (Å²) in [5.41, 5.74) is 0.472. The number of rotatable bonds is 6. The van der Waals surface area contributed by atoms with Crippen molar-refractivity contribution in [3.63, 3.8) is 0 Å². The molecule has 2 N–H and O–H groups in total. The Bertz CT molecular complexity index is 666. The number of carbonyl (C=O) groups excluding carboxylic acids is 2. The average molecular weight is 301 g/mol. The van der Waals surface area contributed by atoms with Crippen molar-refractivity contribution in [2.45, 2.75) is 18.8 Å². The molecule has 0 spiro atoms. The molecule has 3 rings (SSSR count). The van der Waals surface area contributed by atoms with Crippen molar-refractivity contribution in [2.24, 2.45) is 0 Å². The Morgan fingerprint density at radius 2 is 2.00 bits per heavy atom. The number of hydrogen-bond donors (Lipinski definition) is 2. The summed E-state index contributed by atoms with van der Waals surface area (Å²) in [4.78, 5) is 31.4. The Labute approximate surface area is 126 Å². The molecule has 0 radical (unpaired) electrons. The van der Waals surface area contributed by atoms with Gasteiger partial charge >= 0.3 is 11.8 Å². The molecule has 1 aliphatic rings. The highest BCUT2D eigenvalue weighted by Crippen LogP contribution is 2.37. The number of carbonyl (C=O) groups is 2. The lowest BCUT2D eigenvalue weighted by Gasteiger charge is -2.05. The lowest BCUT2D eigenvalue weighted by molar-refractivity contribution is 0.0898. The van der Waals surface area contributed by atoms with Crippen LogP contribution in [-0.4, -0.2) is 40.0 Å². The lowest BCUT2D eigenvalue weighted by atomic mass is 10.3. The van der Waals surface area contributed by atoms with E-state index in [0.29, 0.717) is 23.9 Å². The van der Waals surface area contributed by atoms with Crippen molar-refractivity contribution < 1.29 is 14.1 Å². The molecule has 1 fully saturated rings. The van der Waals surface area contributed by atoms with Gasteiger partial charge in [0, 0.05) is 31.4 Å². The Balaban J connectivity index is 1.40. The predicted octanol–water partition coefficient (Wildman–Crippen LogP) is 0.502. The van der Waals surface area contributed by atoms with E-state index in [2.05, 4.69) is 25.8 Å². The fraction of sp³-hybridized carbons (Fsp3) is 0.357. The van der Waals surface area contributed by atoms with Crippen LogP contribution in [0.15, 0.2) is 29.0 Å². The predicted molar refractivity (Wildman–Crippen MR) is 75.2 cm³/mol. The van der Waals surface area contributed by atoms with E-state index in [-0.39, 0.29) is 18.3 Å². The molecule has 0 aliphatic heterocycles. The summed E-state index contributed by atoms with van der Waals surface area (Å²) in [5.74, 6) is 0.214. The topological polar surface area (TPSA) is 110 Å². The molecule has 114 valence electrons. The molecule has 2 aromatic heterocycles. The zero-order valence-corrected chi connectivity index (χ0v) is 11.8. The van der Waals surface area contributed by atoms with E-state index < -0.39 is 5.91 Å². The first-order valence-electron chi connectivity index (χ1n) is 7.04. The quantitative estimate of drug-likeness (QED) is 0.752. The van der Waals surface area contributed by atoms with Gasteiger partial charge in [0.1, 0.15) is 0 Å². The van der Waals surface area contributed by atoms with Crippen LogP contribution >= 0.6 is 0 Å². The van der Waals surface area contributed by atoms with Gasteiger partial charge in [-0.15, -0.1) is 0 Å². The molecule has 0 unspecified atom stereocenters. The largest absolute Gasteiger partial charge is 0.350 e. The number of aromatic nitrogens is 3. The van der Waals surface area contributed by atoms with E-state index in [1.54, 1.807) is 18.3 Å². The van der Waals surface area contributed by atoms with Gasteiger partial charge in [-0.2, -0.15) is 4.98 Å². The molecule has 0 aromatic carbocycles. The van der Waals surface area contributed by atoms with Crippen LogP contribution in [-0.2, 0) is 0 Å². The minimum Gasteiger partial charge on any atom is -0.350 e. The first-order chi connectivity index (χ1) is 10.7. The van der Waals surface area contributed by atoms with Crippen molar-refractivity contribution >= 4 is 11.8 Å². The van der Waals surface area contributed by atoms with Gasteiger partial charge in [-0.25, -0.2) is 0 Å². The molecule has 2 aromatic rings. The van der Waals surface area contributed by atoms with Crippen LogP contribution in [0.5, 0.6) is 0 Å². The van der Waals surface area contributed by atoms with Crippen molar-refractivity contribution in [1.29, 1.82) is 0 Å². The third kappa shape index (κ3) is 3.46. The molecule has 0 saturated heterocycles. The van der Waals surface area contributed by atoms with E-state index in [4.69, 9.17) is 4.52 Å². The molecule has 1 aliphatic carbocycles. The average Bonchev–Trinajstić information content (AvgIpc) is 3.29. The Kier molecular flexibility index (Phi) is 4.08. The first kappa shape index (κ1) is 14.2. The van der Waals surface area contributed by atoms with Gasteiger partial charge in [-0.05, 0) is 25.0 Å². The van der Waals surface area contributed by atoms with Crippen molar-refractivity contribution in [1.82, 2.24) is 25.8 Å². The Hall–Kier alpha value is -2.77. The van der Waals surface area contributed by atoms with Crippen LogP contribution in [0.25, 0.3) is 0 Å². The van der Waals surface area contributed by atoms with Crippen LogP contribution in [0, 0.1) is 0 Å². The smallest absolute Gasteiger partial charge is 0.315 e. The number of nitrogens with one attached hydrogen (secondary N) is 2. The van der Waals surface area contributed by atoms with Crippen molar-refractivity contribution in [3.8, 4) is 0 Å². The van der Waals surface area contributed by atoms with Gasteiger partial charge in [0.25, 0.3) is 5.91 Å². The summed E-state index contributed by atoms with van der Waals surface area (Å²) >= 11 is 0. The third-order valence-corrected chi connectivity index (χ3v) is 3.20. The molecule has 0 atom stereocenters. The van der Waals surface area contributed by atoms with E-state index in [1.807, 2.05) is 0 Å². The SMILES string of the molecule is O=C(NCCNC(=O)c1nc(C2CC2)no1)c1cccnc1. The van der Waals surface area contributed by atoms with E-state index in [9.17, 15) is 9.59 Å².